The van der Waals surface area contributed by atoms with E-state index in [1.807, 2.05) is 36.4 Å². The summed E-state index contributed by atoms with van der Waals surface area (Å²) in [6.45, 7) is 2.08. The molecule has 0 aliphatic rings. The Morgan fingerprint density at radius 3 is 2.52 bits per heavy atom. The summed E-state index contributed by atoms with van der Waals surface area (Å²) in [5.41, 5.74) is 5.38. The SMILES string of the molecule is Cc1ccc(-c2nc3[nH]c(=O)c(-c4ccccn4)cc3cc2-c2ccc3ncccc3c2)s1. The van der Waals surface area contributed by atoms with E-state index in [1.54, 1.807) is 23.7 Å². The summed E-state index contributed by atoms with van der Waals surface area (Å²) in [5.74, 6) is 0. The predicted molar refractivity (Wildman–Crippen MR) is 134 cm³/mol. The lowest BCUT2D eigenvalue weighted by Gasteiger charge is -2.12. The minimum atomic E-state index is -0.202. The lowest BCUT2D eigenvalue weighted by molar-refractivity contribution is 1.22. The Morgan fingerprint density at radius 2 is 1.70 bits per heavy atom. The molecule has 1 N–H and O–H groups in total. The second-order valence-electron chi connectivity index (χ2n) is 7.87. The van der Waals surface area contributed by atoms with Crippen molar-refractivity contribution in [3.05, 3.63) is 100 Å². The van der Waals surface area contributed by atoms with E-state index in [0.717, 1.165) is 38.0 Å². The molecule has 0 saturated heterocycles. The van der Waals surface area contributed by atoms with Crippen LogP contribution in [0.5, 0.6) is 0 Å². The lowest BCUT2D eigenvalue weighted by Crippen LogP contribution is -2.10. The number of nitrogens with one attached hydrogen (secondary N) is 1. The number of aryl methyl sites for hydroxylation is 1. The number of hydrogen-bond donors (Lipinski definition) is 1. The highest BCUT2D eigenvalue weighted by Gasteiger charge is 2.16. The van der Waals surface area contributed by atoms with Gasteiger partial charge in [0.15, 0.2) is 0 Å². The molecule has 33 heavy (non-hydrogen) atoms. The minimum absolute atomic E-state index is 0.202. The molecular weight excluding hydrogens is 428 g/mol. The van der Waals surface area contributed by atoms with Crippen molar-refractivity contribution in [2.45, 2.75) is 6.92 Å². The van der Waals surface area contributed by atoms with Crippen LogP contribution in [0, 0.1) is 6.92 Å². The van der Waals surface area contributed by atoms with Gasteiger partial charge in [-0.05, 0) is 67.1 Å². The molecule has 6 rings (SSSR count). The first-order valence-corrected chi connectivity index (χ1v) is 11.4. The number of thiophene rings is 1. The molecule has 0 aliphatic carbocycles. The maximum absolute atomic E-state index is 12.8. The molecule has 0 spiro atoms. The third-order valence-electron chi connectivity index (χ3n) is 5.66. The number of hydrogen-bond acceptors (Lipinski definition) is 5. The van der Waals surface area contributed by atoms with Crippen molar-refractivity contribution in [3.63, 3.8) is 0 Å². The number of nitrogens with zero attached hydrogens (tertiary/aromatic N) is 3. The van der Waals surface area contributed by atoms with Crippen molar-refractivity contribution in [1.29, 1.82) is 0 Å². The zero-order valence-electron chi connectivity index (χ0n) is 17.7. The number of H-pyrrole nitrogens is 1. The molecule has 6 aromatic rings. The summed E-state index contributed by atoms with van der Waals surface area (Å²) < 4.78 is 0. The topological polar surface area (TPSA) is 71.5 Å². The van der Waals surface area contributed by atoms with E-state index in [2.05, 4.69) is 58.3 Å². The van der Waals surface area contributed by atoms with E-state index in [-0.39, 0.29) is 5.56 Å². The molecular formula is C27H18N4OS. The monoisotopic (exact) mass is 446 g/mol. The van der Waals surface area contributed by atoms with Crippen LogP contribution in [0.4, 0.5) is 0 Å². The highest BCUT2D eigenvalue weighted by Crippen LogP contribution is 2.37. The Kier molecular flexibility index (Phi) is 4.59. The van der Waals surface area contributed by atoms with Crippen molar-refractivity contribution < 1.29 is 0 Å². The fraction of sp³-hybridized carbons (Fsp3) is 0.0370. The van der Waals surface area contributed by atoms with Gasteiger partial charge in [0, 0.05) is 33.6 Å². The first-order chi connectivity index (χ1) is 16.2. The van der Waals surface area contributed by atoms with Crippen LogP contribution in [0.3, 0.4) is 0 Å². The van der Waals surface area contributed by atoms with E-state index in [1.165, 1.54) is 4.88 Å². The Bertz CT molecular complexity index is 1700. The number of rotatable bonds is 3. The van der Waals surface area contributed by atoms with Gasteiger partial charge < -0.3 is 4.98 Å². The molecule has 6 heteroatoms. The Balaban J connectivity index is 1.63. The molecule has 5 nitrogen and oxygen atoms in total. The molecule has 0 aliphatic heterocycles. The maximum atomic E-state index is 12.8. The van der Waals surface area contributed by atoms with Crippen LogP contribution in [-0.2, 0) is 0 Å². The third kappa shape index (κ3) is 3.50. The molecule has 0 amide bonds. The molecule has 0 radical (unpaired) electrons. The van der Waals surface area contributed by atoms with E-state index in [9.17, 15) is 4.79 Å². The number of aromatic nitrogens is 4. The van der Waals surface area contributed by atoms with Crippen molar-refractivity contribution in [1.82, 2.24) is 19.9 Å². The highest BCUT2D eigenvalue weighted by molar-refractivity contribution is 7.15. The molecule has 0 fully saturated rings. The van der Waals surface area contributed by atoms with Crippen LogP contribution < -0.4 is 5.56 Å². The Hall–Kier alpha value is -4.16. The zero-order chi connectivity index (χ0) is 22.4. The van der Waals surface area contributed by atoms with Gasteiger partial charge >= 0.3 is 0 Å². The van der Waals surface area contributed by atoms with Crippen molar-refractivity contribution in [2.75, 3.05) is 0 Å². The number of benzene rings is 1. The number of pyridine rings is 4. The van der Waals surface area contributed by atoms with Gasteiger partial charge in [-0.25, -0.2) is 4.98 Å². The minimum Gasteiger partial charge on any atom is -0.306 e. The van der Waals surface area contributed by atoms with Crippen molar-refractivity contribution >= 4 is 33.3 Å². The van der Waals surface area contributed by atoms with Gasteiger partial charge in [0.2, 0.25) is 0 Å². The fourth-order valence-electron chi connectivity index (χ4n) is 4.06. The average molecular weight is 447 g/mol. The van der Waals surface area contributed by atoms with Gasteiger partial charge in [-0.15, -0.1) is 11.3 Å². The summed E-state index contributed by atoms with van der Waals surface area (Å²) >= 11 is 1.69. The third-order valence-corrected chi connectivity index (χ3v) is 6.66. The molecule has 5 aromatic heterocycles. The number of fused-ring (bicyclic) bond motifs is 2. The summed E-state index contributed by atoms with van der Waals surface area (Å²) in [5, 5.41) is 1.92. The average Bonchev–Trinajstić information content (AvgIpc) is 3.29. The van der Waals surface area contributed by atoms with Crippen LogP contribution in [0.25, 0.3) is 54.9 Å². The van der Waals surface area contributed by atoms with Crippen LogP contribution in [-0.4, -0.2) is 19.9 Å². The normalized spacial score (nSPS) is 11.3. The summed E-state index contributed by atoms with van der Waals surface area (Å²) in [7, 11) is 0. The highest BCUT2D eigenvalue weighted by atomic mass is 32.1. The molecule has 5 heterocycles. The second kappa shape index (κ2) is 7.76. The van der Waals surface area contributed by atoms with Crippen molar-refractivity contribution in [3.8, 4) is 33.0 Å². The summed E-state index contributed by atoms with van der Waals surface area (Å²) in [6.07, 6.45) is 3.49. The van der Waals surface area contributed by atoms with E-state index in [0.29, 0.717) is 16.9 Å². The van der Waals surface area contributed by atoms with E-state index in [4.69, 9.17) is 4.98 Å². The molecule has 0 atom stereocenters. The van der Waals surface area contributed by atoms with Gasteiger partial charge in [0.25, 0.3) is 5.56 Å². The van der Waals surface area contributed by atoms with Crippen LogP contribution in [0.2, 0.25) is 0 Å². The van der Waals surface area contributed by atoms with Gasteiger partial charge in [0.1, 0.15) is 5.65 Å². The predicted octanol–water partition coefficient (Wildman–Crippen LogP) is 6.24. The van der Waals surface area contributed by atoms with Crippen LogP contribution in [0.15, 0.2) is 90.0 Å². The fourth-order valence-corrected chi connectivity index (χ4v) is 4.93. The Morgan fingerprint density at radius 1 is 0.818 bits per heavy atom. The first-order valence-electron chi connectivity index (χ1n) is 10.6. The maximum Gasteiger partial charge on any atom is 0.259 e. The van der Waals surface area contributed by atoms with Crippen LogP contribution in [0.1, 0.15) is 4.88 Å². The number of aromatic amines is 1. The Labute approximate surface area is 193 Å². The summed E-state index contributed by atoms with van der Waals surface area (Å²) in [6, 6.07) is 24.0. The standard InChI is InChI=1S/C27H18N4OS/c1-16-7-10-24(33-16)25-20(17-8-9-22-18(13-17)5-4-12-28-22)14-19-15-21(23-6-2-3-11-29-23)27(32)31-26(19)30-25/h2-15H,1H3,(H,30,31,32). The molecule has 0 bridgehead atoms. The van der Waals surface area contributed by atoms with E-state index >= 15 is 0 Å². The van der Waals surface area contributed by atoms with Gasteiger partial charge in [-0.2, -0.15) is 0 Å². The van der Waals surface area contributed by atoms with Gasteiger partial charge in [0.05, 0.1) is 27.3 Å². The molecule has 0 unspecified atom stereocenters. The molecule has 0 saturated carbocycles. The lowest BCUT2D eigenvalue weighted by atomic mass is 9.99. The molecule has 1 aromatic carbocycles. The second-order valence-corrected chi connectivity index (χ2v) is 9.16. The van der Waals surface area contributed by atoms with Crippen LogP contribution >= 0.6 is 11.3 Å². The largest absolute Gasteiger partial charge is 0.306 e. The van der Waals surface area contributed by atoms with Gasteiger partial charge in [-0.1, -0.05) is 18.2 Å². The first kappa shape index (κ1) is 19.5. The van der Waals surface area contributed by atoms with Gasteiger partial charge in [-0.3, -0.25) is 14.8 Å². The molecule has 158 valence electrons. The summed E-state index contributed by atoms with van der Waals surface area (Å²) in [4.78, 5) is 31.8. The van der Waals surface area contributed by atoms with Crippen molar-refractivity contribution in [2.24, 2.45) is 0 Å². The van der Waals surface area contributed by atoms with E-state index < -0.39 is 0 Å². The zero-order valence-corrected chi connectivity index (χ0v) is 18.6. The smallest absolute Gasteiger partial charge is 0.259 e. The quantitative estimate of drug-likeness (QED) is 0.349.